The Morgan fingerprint density at radius 1 is 0.963 bits per heavy atom. The molecule has 27 heavy (non-hydrogen) atoms. The molecule has 1 aliphatic rings. The van der Waals surface area contributed by atoms with Gasteiger partial charge in [0.2, 0.25) is 5.91 Å². The van der Waals surface area contributed by atoms with Gasteiger partial charge in [-0.3, -0.25) is 19.3 Å². The molecule has 0 aliphatic carbocycles. The molecule has 0 fully saturated rings. The quantitative estimate of drug-likeness (QED) is 0.557. The molecule has 2 aromatic carbocycles. The number of rotatable bonds is 8. The minimum Gasteiger partial charge on any atom is -0.325 e. The van der Waals surface area contributed by atoms with E-state index in [0.29, 0.717) is 17.7 Å². The SMILES string of the molecule is CC(SCCCCN1C(=O)c2ccccc2C1=O)C(=O)Nc1ccccc1. The van der Waals surface area contributed by atoms with E-state index in [-0.39, 0.29) is 23.0 Å². The van der Waals surface area contributed by atoms with Gasteiger partial charge >= 0.3 is 0 Å². The van der Waals surface area contributed by atoms with Crippen LogP contribution in [0.25, 0.3) is 0 Å². The number of hydrogen-bond donors (Lipinski definition) is 1. The minimum atomic E-state index is -0.209. The number of unbranched alkanes of at least 4 members (excludes halogenated alkanes) is 1. The number of nitrogens with one attached hydrogen (secondary N) is 1. The van der Waals surface area contributed by atoms with E-state index in [1.165, 1.54) is 4.90 Å². The third-order valence-electron chi connectivity index (χ3n) is 4.43. The Kier molecular flexibility index (Phi) is 6.29. The molecule has 0 bridgehead atoms. The first kappa shape index (κ1) is 19.2. The van der Waals surface area contributed by atoms with Crippen molar-refractivity contribution in [2.24, 2.45) is 0 Å². The Labute approximate surface area is 163 Å². The van der Waals surface area contributed by atoms with E-state index in [9.17, 15) is 14.4 Å². The van der Waals surface area contributed by atoms with Crippen molar-refractivity contribution in [2.45, 2.75) is 25.0 Å². The number of carbonyl (C=O) groups excluding carboxylic acids is 3. The number of para-hydroxylation sites is 1. The van der Waals surface area contributed by atoms with Crippen LogP contribution in [0, 0.1) is 0 Å². The number of amides is 3. The lowest BCUT2D eigenvalue weighted by molar-refractivity contribution is -0.115. The highest BCUT2D eigenvalue weighted by Crippen LogP contribution is 2.23. The predicted octanol–water partition coefficient (Wildman–Crippen LogP) is 3.82. The third kappa shape index (κ3) is 4.57. The lowest BCUT2D eigenvalue weighted by Crippen LogP contribution is -2.30. The maximum Gasteiger partial charge on any atom is 0.261 e. The van der Waals surface area contributed by atoms with Crippen molar-refractivity contribution in [1.29, 1.82) is 0 Å². The molecule has 1 heterocycles. The standard InChI is InChI=1S/C21H22N2O3S/c1-15(19(24)22-16-9-3-2-4-10-16)27-14-8-7-13-23-20(25)17-11-5-6-12-18(17)21(23)26/h2-6,9-12,15H,7-8,13-14H2,1H3,(H,22,24). The molecule has 3 rings (SSSR count). The highest BCUT2D eigenvalue weighted by molar-refractivity contribution is 8.00. The van der Waals surface area contributed by atoms with Crippen LogP contribution in [-0.4, -0.2) is 40.2 Å². The number of benzene rings is 2. The van der Waals surface area contributed by atoms with E-state index in [2.05, 4.69) is 5.32 Å². The van der Waals surface area contributed by atoms with Gasteiger partial charge in [0.25, 0.3) is 11.8 Å². The van der Waals surface area contributed by atoms with Crippen molar-refractivity contribution in [1.82, 2.24) is 4.90 Å². The number of nitrogens with zero attached hydrogens (tertiary/aromatic N) is 1. The van der Waals surface area contributed by atoms with Crippen molar-refractivity contribution in [2.75, 3.05) is 17.6 Å². The average molecular weight is 382 g/mol. The Morgan fingerprint density at radius 3 is 2.19 bits per heavy atom. The monoisotopic (exact) mass is 382 g/mol. The normalized spacial score (nSPS) is 14.2. The molecule has 3 amide bonds. The second kappa shape index (κ2) is 8.86. The van der Waals surface area contributed by atoms with Crippen molar-refractivity contribution in [3.63, 3.8) is 0 Å². The number of hydrogen-bond acceptors (Lipinski definition) is 4. The maximum absolute atomic E-state index is 12.3. The van der Waals surface area contributed by atoms with E-state index >= 15 is 0 Å². The summed E-state index contributed by atoms with van der Waals surface area (Å²) in [6.45, 7) is 2.30. The zero-order chi connectivity index (χ0) is 19.2. The number of thioether (sulfide) groups is 1. The Balaban J connectivity index is 1.38. The fourth-order valence-electron chi connectivity index (χ4n) is 2.92. The van der Waals surface area contributed by atoms with Gasteiger partial charge in [-0.1, -0.05) is 30.3 Å². The van der Waals surface area contributed by atoms with Crippen LogP contribution in [0.2, 0.25) is 0 Å². The summed E-state index contributed by atoms with van der Waals surface area (Å²) in [4.78, 5) is 38.1. The van der Waals surface area contributed by atoms with Crippen LogP contribution in [-0.2, 0) is 4.79 Å². The summed E-state index contributed by atoms with van der Waals surface area (Å²) < 4.78 is 0. The molecule has 2 aromatic rings. The first-order valence-electron chi connectivity index (χ1n) is 9.00. The van der Waals surface area contributed by atoms with Crippen LogP contribution >= 0.6 is 11.8 Å². The summed E-state index contributed by atoms with van der Waals surface area (Å²) in [6.07, 6.45) is 1.56. The van der Waals surface area contributed by atoms with Crippen molar-refractivity contribution < 1.29 is 14.4 Å². The van der Waals surface area contributed by atoms with Crippen LogP contribution < -0.4 is 5.32 Å². The molecule has 0 radical (unpaired) electrons. The summed E-state index contributed by atoms with van der Waals surface area (Å²) in [6, 6.07) is 16.3. The van der Waals surface area contributed by atoms with E-state index in [1.54, 1.807) is 36.0 Å². The summed E-state index contributed by atoms with van der Waals surface area (Å²) >= 11 is 1.57. The van der Waals surface area contributed by atoms with Gasteiger partial charge < -0.3 is 5.32 Å². The molecule has 1 N–H and O–H groups in total. The van der Waals surface area contributed by atoms with E-state index in [0.717, 1.165) is 24.3 Å². The predicted molar refractivity (Wildman–Crippen MR) is 108 cm³/mol. The van der Waals surface area contributed by atoms with Gasteiger partial charge in [0, 0.05) is 12.2 Å². The van der Waals surface area contributed by atoms with Crippen LogP contribution in [0.5, 0.6) is 0 Å². The molecule has 1 atom stereocenters. The van der Waals surface area contributed by atoms with Crippen LogP contribution in [0.3, 0.4) is 0 Å². The second-order valence-electron chi connectivity index (χ2n) is 6.38. The zero-order valence-corrected chi connectivity index (χ0v) is 16.0. The lowest BCUT2D eigenvalue weighted by atomic mass is 10.1. The summed E-state index contributed by atoms with van der Waals surface area (Å²) in [5.41, 5.74) is 1.77. The van der Waals surface area contributed by atoms with Crippen molar-refractivity contribution in [3.8, 4) is 0 Å². The van der Waals surface area contributed by atoms with Gasteiger partial charge in [0.15, 0.2) is 0 Å². The molecule has 0 saturated carbocycles. The smallest absolute Gasteiger partial charge is 0.261 e. The van der Waals surface area contributed by atoms with E-state index < -0.39 is 0 Å². The van der Waals surface area contributed by atoms with Crippen molar-refractivity contribution in [3.05, 3.63) is 65.7 Å². The summed E-state index contributed by atoms with van der Waals surface area (Å²) in [7, 11) is 0. The van der Waals surface area contributed by atoms with Gasteiger partial charge in [0.1, 0.15) is 0 Å². The molecule has 1 aliphatic heterocycles. The Hall–Kier alpha value is -2.60. The number of imide groups is 1. The molecule has 0 aromatic heterocycles. The zero-order valence-electron chi connectivity index (χ0n) is 15.2. The first-order valence-corrected chi connectivity index (χ1v) is 10.1. The molecule has 0 saturated heterocycles. The van der Waals surface area contributed by atoms with Crippen LogP contribution in [0.15, 0.2) is 54.6 Å². The largest absolute Gasteiger partial charge is 0.325 e. The number of carbonyl (C=O) groups is 3. The third-order valence-corrected chi connectivity index (χ3v) is 5.67. The van der Waals surface area contributed by atoms with Crippen LogP contribution in [0.1, 0.15) is 40.5 Å². The molecule has 5 nitrogen and oxygen atoms in total. The fourth-order valence-corrected chi connectivity index (χ4v) is 3.85. The van der Waals surface area contributed by atoms with Gasteiger partial charge in [-0.25, -0.2) is 0 Å². The molecular weight excluding hydrogens is 360 g/mol. The molecule has 1 unspecified atom stereocenters. The van der Waals surface area contributed by atoms with Crippen molar-refractivity contribution >= 4 is 35.2 Å². The topological polar surface area (TPSA) is 66.5 Å². The minimum absolute atomic E-state index is 0.0217. The molecule has 6 heteroatoms. The first-order chi connectivity index (χ1) is 13.1. The van der Waals surface area contributed by atoms with Gasteiger partial charge in [-0.15, -0.1) is 11.8 Å². The van der Waals surface area contributed by atoms with Gasteiger partial charge in [-0.05, 0) is 49.8 Å². The second-order valence-corrected chi connectivity index (χ2v) is 7.83. The highest BCUT2D eigenvalue weighted by Gasteiger charge is 2.34. The highest BCUT2D eigenvalue weighted by atomic mass is 32.2. The number of fused-ring (bicyclic) bond motifs is 1. The number of anilines is 1. The van der Waals surface area contributed by atoms with E-state index in [4.69, 9.17) is 0 Å². The van der Waals surface area contributed by atoms with Gasteiger partial charge in [0.05, 0.1) is 16.4 Å². The Morgan fingerprint density at radius 2 is 1.56 bits per heavy atom. The summed E-state index contributed by atoms with van der Waals surface area (Å²) in [5, 5.41) is 2.73. The maximum atomic E-state index is 12.3. The molecule has 140 valence electrons. The molecular formula is C21H22N2O3S. The van der Waals surface area contributed by atoms with Crippen LogP contribution in [0.4, 0.5) is 5.69 Å². The Bertz CT molecular complexity index is 803. The van der Waals surface area contributed by atoms with E-state index in [1.807, 2.05) is 37.3 Å². The fraction of sp³-hybridized carbons (Fsp3) is 0.286. The van der Waals surface area contributed by atoms with Gasteiger partial charge in [-0.2, -0.15) is 0 Å². The summed E-state index contributed by atoms with van der Waals surface area (Å²) in [5.74, 6) is 0.358. The average Bonchev–Trinajstić information content (AvgIpc) is 2.93. The lowest BCUT2D eigenvalue weighted by Gasteiger charge is -2.14. The molecule has 0 spiro atoms.